The van der Waals surface area contributed by atoms with Gasteiger partial charge in [-0.05, 0) is 54.9 Å². The molecule has 1 fully saturated rings. The number of para-hydroxylation sites is 1. The van der Waals surface area contributed by atoms with E-state index < -0.39 is 0 Å². The lowest BCUT2D eigenvalue weighted by molar-refractivity contribution is 0.0955. The molecule has 2 aromatic heterocycles. The summed E-state index contributed by atoms with van der Waals surface area (Å²) in [5.41, 5.74) is 7.13. The Balaban J connectivity index is 1.67. The van der Waals surface area contributed by atoms with Gasteiger partial charge in [0.1, 0.15) is 0 Å². The van der Waals surface area contributed by atoms with Gasteiger partial charge in [-0.15, -0.1) is 0 Å². The number of carbonyl (C=O) groups is 1. The van der Waals surface area contributed by atoms with E-state index in [4.69, 9.17) is 4.98 Å². The lowest BCUT2D eigenvalue weighted by Gasteiger charge is -2.34. The highest BCUT2D eigenvalue weighted by molar-refractivity contribution is 6.07. The molecule has 1 aliphatic rings. The summed E-state index contributed by atoms with van der Waals surface area (Å²) in [4.78, 5) is 21.9. The van der Waals surface area contributed by atoms with Crippen molar-refractivity contribution in [3.8, 4) is 11.3 Å². The van der Waals surface area contributed by atoms with Crippen LogP contribution in [0.2, 0.25) is 0 Å². The minimum Gasteiger partial charge on any atom is -0.267 e. The van der Waals surface area contributed by atoms with E-state index in [-0.39, 0.29) is 11.3 Å². The number of benzene rings is 1. The number of nitrogens with zero attached hydrogens (tertiary/aromatic N) is 3. The molecule has 2 heterocycles. The number of rotatable bonds is 3. The summed E-state index contributed by atoms with van der Waals surface area (Å²) in [5.74, 6) is 0.372. The van der Waals surface area contributed by atoms with Gasteiger partial charge in [-0.3, -0.25) is 9.78 Å². The number of nitrogens with one attached hydrogen (secondary N) is 1. The first kappa shape index (κ1) is 19.2. The summed E-state index contributed by atoms with van der Waals surface area (Å²) >= 11 is 0. The molecule has 1 atom stereocenters. The zero-order valence-electron chi connectivity index (χ0n) is 17.1. The van der Waals surface area contributed by atoms with Crippen LogP contribution >= 0.6 is 0 Å². The average molecular weight is 386 g/mol. The molecule has 148 valence electrons. The first-order valence-corrected chi connectivity index (χ1v) is 10.1. The van der Waals surface area contributed by atoms with E-state index in [1.165, 1.54) is 6.42 Å². The number of aromatic nitrogens is 2. The molecule has 3 aromatic rings. The molecule has 0 spiro atoms. The Morgan fingerprint density at radius 3 is 2.69 bits per heavy atom. The monoisotopic (exact) mass is 386 g/mol. The van der Waals surface area contributed by atoms with E-state index in [0.717, 1.165) is 40.7 Å². The van der Waals surface area contributed by atoms with E-state index in [1.54, 1.807) is 12.4 Å². The molecular formula is C24H26N4O. The van der Waals surface area contributed by atoms with Gasteiger partial charge in [0.15, 0.2) is 0 Å². The summed E-state index contributed by atoms with van der Waals surface area (Å²) in [6.45, 7) is 6.77. The lowest BCUT2D eigenvalue weighted by Crippen LogP contribution is -2.30. The summed E-state index contributed by atoms with van der Waals surface area (Å²) in [6, 6.07) is 13.3. The predicted molar refractivity (Wildman–Crippen MR) is 117 cm³/mol. The fourth-order valence-electron chi connectivity index (χ4n) is 4.42. The first-order valence-electron chi connectivity index (χ1n) is 10.1. The Labute approximate surface area is 171 Å². The topological polar surface area (TPSA) is 67.2 Å². The van der Waals surface area contributed by atoms with Crippen LogP contribution in [0.1, 0.15) is 50.4 Å². The Morgan fingerprint density at radius 2 is 1.93 bits per heavy atom. The number of hydrogen-bond acceptors (Lipinski definition) is 4. The van der Waals surface area contributed by atoms with Gasteiger partial charge in [0.25, 0.3) is 5.91 Å². The summed E-state index contributed by atoms with van der Waals surface area (Å²) in [5, 5.41) is 5.32. The molecule has 0 unspecified atom stereocenters. The molecule has 0 aliphatic heterocycles. The fraction of sp³-hybridized carbons (Fsp3) is 0.333. The maximum atomic E-state index is 13.1. The number of pyridine rings is 2. The van der Waals surface area contributed by atoms with Gasteiger partial charge >= 0.3 is 0 Å². The standard InChI is InChI=1S/C24H26N4O/c1-16-12-18(15-24(2,3)14-16)27-28-23(29)20-13-22(17-8-10-25-11-9-17)26-21-7-5-4-6-19(20)21/h4-11,13,16H,12,14-15H2,1-3H3,(H,28,29)/b27-18-/t16-/m0/s1. The van der Waals surface area contributed by atoms with Crippen molar-refractivity contribution in [2.24, 2.45) is 16.4 Å². The first-order chi connectivity index (χ1) is 13.9. The van der Waals surface area contributed by atoms with Crippen LogP contribution in [0.15, 0.2) is 60.0 Å². The summed E-state index contributed by atoms with van der Waals surface area (Å²) in [7, 11) is 0. The third-order valence-corrected chi connectivity index (χ3v) is 5.42. The minimum atomic E-state index is -0.206. The van der Waals surface area contributed by atoms with E-state index in [9.17, 15) is 4.79 Å². The van der Waals surface area contributed by atoms with E-state index >= 15 is 0 Å². The second-order valence-corrected chi connectivity index (χ2v) is 8.78. The molecule has 1 amide bonds. The third kappa shape index (κ3) is 4.34. The number of hydrazone groups is 1. The van der Waals surface area contributed by atoms with Gasteiger partial charge in [-0.25, -0.2) is 10.4 Å². The van der Waals surface area contributed by atoms with E-state index in [0.29, 0.717) is 11.5 Å². The SMILES string of the molecule is C[C@H]1C/C(=N/NC(=O)c2cc(-c3ccncc3)nc3ccccc23)CC(C)(C)C1. The summed E-state index contributed by atoms with van der Waals surface area (Å²) in [6.07, 6.45) is 6.48. The zero-order chi connectivity index (χ0) is 20.4. The second-order valence-electron chi connectivity index (χ2n) is 8.78. The van der Waals surface area contributed by atoms with E-state index in [2.05, 4.69) is 36.3 Å². The van der Waals surface area contributed by atoms with Crippen LogP contribution in [0.4, 0.5) is 0 Å². The molecule has 1 aromatic carbocycles. The molecule has 1 N–H and O–H groups in total. The molecule has 1 aliphatic carbocycles. The fourth-order valence-corrected chi connectivity index (χ4v) is 4.42. The highest BCUT2D eigenvalue weighted by Crippen LogP contribution is 2.36. The van der Waals surface area contributed by atoms with Crippen LogP contribution in [0, 0.1) is 11.3 Å². The smallest absolute Gasteiger partial charge is 0.267 e. The average Bonchev–Trinajstić information content (AvgIpc) is 2.70. The van der Waals surface area contributed by atoms with Crippen LogP contribution in [-0.4, -0.2) is 21.6 Å². The second kappa shape index (κ2) is 7.74. The molecule has 29 heavy (non-hydrogen) atoms. The van der Waals surface area contributed by atoms with Crippen molar-refractivity contribution in [1.82, 2.24) is 15.4 Å². The lowest BCUT2D eigenvalue weighted by atomic mass is 9.72. The molecular weight excluding hydrogens is 360 g/mol. The Bertz CT molecular complexity index is 1070. The van der Waals surface area contributed by atoms with Gasteiger partial charge in [0.05, 0.1) is 16.8 Å². The minimum absolute atomic E-state index is 0.206. The molecule has 0 radical (unpaired) electrons. The maximum Gasteiger partial charge on any atom is 0.272 e. The van der Waals surface area contributed by atoms with Gasteiger partial charge in [-0.1, -0.05) is 39.0 Å². The van der Waals surface area contributed by atoms with Crippen molar-refractivity contribution in [2.45, 2.75) is 40.0 Å². The quantitative estimate of drug-likeness (QED) is 0.627. The highest BCUT2D eigenvalue weighted by atomic mass is 16.2. The largest absolute Gasteiger partial charge is 0.272 e. The number of carbonyl (C=O) groups excluding carboxylic acids is 1. The van der Waals surface area contributed by atoms with Crippen LogP contribution in [0.3, 0.4) is 0 Å². The molecule has 5 heteroatoms. The van der Waals surface area contributed by atoms with Crippen molar-refractivity contribution in [1.29, 1.82) is 0 Å². The van der Waals surface area contributed by atoms with Gasteiger partial charge in [-0.2, -0.15) is 5.10 Å². The normalized spacial score (nSPS) is 20.0. The third-order valence-electron chi connectivity index (χ3n) is 5.42. The Hall–Kier alpha value is -3.08. The maximum absolute atomic E-state index is 13.1. The molecule has 5 nitrogen and oxygen atoms in total. The van der Waals surface area contributed by atoms with Crippen molar-refractivity contribution in [3.63, 3.8) is 0 Å². The van der Waals surface area contributed by atoms with Gasteiger partial charge in [0.2, 0.25) is 0 Å². The summed E-state index contributed by atoms with van der Waals surface area (Å²) < 4.78 is 0. The molecule has 0 bridgehead atoms. The number of amides is 1. The zero-order valence-corrected chi connectivity index (χ0v) is 17.1. The van der Waals surface area contributed by atoms with E-state index in [1.807, 2.05) is 42.5 Å². The number of hydrogen-bond donors (Lipinski definition) is 1. The Kier molecular flexibility index (Phi) is 5.14. The van der Waals surface area contributed by atoms with Crippen LogP contribution < -0.4 is 5.43 Å². The highest BCUT2D eigenvalue weighted by Gasteiger charge is 2.29. The molecule has 1 saturated carbocycles. The van der Waals surface area contributed by atoms with Crippen LogP contribution in [0.25, 0.3) is 22.2 Å². The van der Waals surface area contributed by atoms with Crippen LogP contribution in [-0.2, 0) is 0 Å². The van der Waals surface area contributed by atoms with Crippen molar-refractivity contribution in [3.05, 3.63) is 60.4 Å². The predicted octanol–water partition coefficient (Wildman–Crippen LogP) is 5.23. The van der Waals surface area contributed by atoms with Crippen molar-refractivity contribution < 1.29 is 4.79 Å². The van der Waals surface area contributed by atoms with Gasteiger partial charge < -0.3 is 0 Å². The Morgan fingerprint density at radius 1 is 1.17 bits per heavy atom. The van der Waals surface area contributed by atoms with Crippen molar-refractivity contribution in [2.75, 3.05) is 0 Å². The molecule has 4 rings (SSSR count). The van der Waals surface area contributed by atoms with Gasteiger partial charge in [0, 0.05) is 29.1 Å². The van der Waals surface area contributed by atoms with Crippen LogP contribution in [0.5, 0.6) is 0 Å². The number of fused-ring (bicyclic) bond motifs is 1. The van der Waals surface area contributed by atoms with Crippen molar-refractivity contribution >= 4 is 22.5 Å². The molecule has 0 saturated heterocycles.